The number of nitrogens with one attached hydrogen (secondary N) is 1. The highest BCUT2D eigenvalue weighted by Gasteiger charge is 2.38. The molecule has 28 heavy (non-hydrogen) atoms. The van der Waals surface area contributed by atoms with Crippen LogP contribution in [0.1, 0.15) is 50.4 Å². The second-order valence-electron chi connectivity index (χ2n) is 7.61. The molecule has 0 aromatic carbocycles. The molecule has 158 valence electrons. The summed E-state index contributed by atoms with van der Waals surface area (Å²) in [5.41, 5.74) is 2.15. The molecule has 2 heterocycles. The molecular weight excluding hydrogens is 377 g/mol. The van der Waals surface area contributed by atoms with Gasteiger partial charge in [-0.3, -0.25) is 9.69 Å². The molecule has 1 aromatic rings. The maximum atomic E-state index is 12.6. The summed E-state index contributed by atoms with van der Waals surface area (Å²) in [6.45, 7) is 6.83. The number of amides is 1. The SMILES string of the molecule is CC(C)N1Cc2ncn(C)c2C(C(=O)NCC2CCC2)C1.O=C(O)C(F)(F)F. The predicted octanol–water partition coefficient (Wildman–Crippen LogP) is 2.28. The molecule has 0 saturated heterocycles. The number of imidazole rings is 1. The van der Waals surface area contributed by atoms with Gasteiger partial charge in [-0.1, -0.05) is 6.42 Å². The van der Waals surface area contributed by atoms with Gasteiger partial charge >= 0.3 is 12.1 Å². The standard InChI is InChI=1S/C16H26N4O.C2HF3O2/c1-11(2)20-8-13(15-14(9-20)18-10-19(15)3)16(21)17-7-12-5-4-6-12;3-2(4,5)1(6)7/h10-13H,4-9H2,1-3H3,(H,17,21);(H,6,7). The predicted molar refractivity (Wildman–Crippen MR) is 95.5 cm³/mol. The summed E-state index contributed by atoms with van der Waals surface area (Å²) in [5, 5.41) is 10.3. The van der Waals surface area contributed by atoms with Gasteiger partial charge in [0.2, 0.25) is 5.91 Å². The highest BCUT2D eigenvalue weighted by Crippen LogP contribution is 2.29. The maximum absolute atomic E-state index is 12.6. The quantitative estimate of drug-likeness (QED) is 0.804. The first-order valence-corrected chi connectivity index (χ1v) is 9.32. The highest BCUT2D eigenvalue weighted by molar-refractivity contribution is 5.84. The number of alkyl halides is 3. The molecule has 3 rings (SSSR count). The normalized spacial score (nSPS) is 20.0. The van der Waals surface area contributed by atoms with Crippen LogP contribution < -0.4 is 5.32 Å². The number of aryl methyl sites for hydroxylation is 1. The average Bonchev–Trinajstić information content (AvgIpc) is 2.93. The van der Waals surface area contributed by atoms with E-state index in [1.807, 2.05) is 17.9 Å². The van der Waals surface area contributed by atoms with Gasteiger partial charge in [-0.05, 0) is 32.6 Å². The number of hydrogen-bond acceptors (Lipinski definition) is 4. The van der Waals surface area contributed by atoms with Crippen LogP contribution in [0.25, 0.3) is 0 Å². The minimum absolute atomic E-state index is 0.0938. The van der Waals surface area contributed by atoms with Crippen molar-refractivity contribution >= 4 is 11.9 Å². The van der Waals surface area contributed by atoms with E-state index < -0.39 is 12.1 Å². The molecule has 1 unspecified atom stereocenters. The van der Waals surface area contributed by atoms with Gasteiger partial charge < -0.3 is 15.0 Å². The number of halogens is 3. The Morgan fingerprint density at radius 1 is 1.36 bits per heavy atom. The summed E-state index contributed by atoms with van der Waals surface area (Å²) in [7, 11) is 1.99. The minimum Gasteiger partial charge on any atom is -0.475 e. The van der Waals surface area contributed by atoms with Crippen molar-refractivity contribution in [3.05, 3.63) is 17.7 Å². The van der Waals surface area contributed by atoms with Crippen molar-refractivity contribution in [3.63, 3.8) is 0 Å². The van der Waals surface area contributed by atoms with Crippen molar-refractivity contribution in [1.29, 1.82) is 0 Å². The van der Waals surface area contributed by atoms with Crippen LogP contribution in [0, 0.1) is 5.92 Å². The van der Waals surface area contributed by atoms with Crippen molar-refractivity contribution < 1.29 is 27.9 Å². The number of carbonyl (C=O) groups is 2. The Balaban J connectivity index is 0.000000345. The van der Waals surface area contributed by atoms with Crippen molar-refractivity contribution in [2.75, 3.05) is 13.1 Å². The first-order valence-electron chi connectivity index (χ1n) is 9.32. The molecular formula is C18H27F3N4O3. The molecule has 0 spiro atoms. The molecule has 1 aliphatic carbocycles. The second-order valence-corrected chi connectivity index (χ2v) is 7.61. The number of fused-ring (bicyclic) bond motifs is 1. The Labute approximate surface area is 161 Å². The van der Waals surface area contributed by atoms with Crippen LogP contribution in [-0.4, -0.2) is 56.7 Å². The zero-order valence-corrected chi connectivity index (χ0v) is 16.3. The van der Waals surface area contributed by atoms with Gasteiger partial charge in [0.15, 0.2) is 0 Å². The van der Waals surface area contributed by atoms with E-state index in [0.717, 1.165) is 31.0 Å². The van der Waals surface area contributed by atoms with Crippen molar-refractivity contribution in [1.82, 2.24) is 19.8 Å². The van der Waals surface area contributed by atoms with E-state index in [1.165, 1.54) is 19.3 Å². The Morgan fingerprint density at radius 3 is 2.43 bits per heavy atom. The van der Waals surface area contributed by atoms with Crippen molar-refractivity contribution in [3.8, 4) is 0 Å². The molecule has 7 nitrogen and oxygen atoms in total. The van der Waals surface area contributed by atoms with Gasteiger partial charge in [0, 0.05) is 32.7 Å². The molecule has 2 aliphatic rings. The van der Waals surface area contributed by atoms with E-state index in [4.69, 9.17) is 9.90 Å². The lowest BCUT2D eigenvalue weighted by Crippen LogP contribution is -2.45. The molecule has 1 saturated carbocycles. The molecule has 1 atom stereocenters. The molecule has 1 fully saturated rings. The number of aliphatic carboxylic acids is 1. The van der Waals surface area contributed by atoms with Crippen molar-refractivity contribution in [2.45, 2.75) is 57.8 Å². The number of carbonyl (C=O) groups excluding carboxylic acids is 1. The van der Waals surface area contributed by atoms with E-state index in [2.05, 4.69) is 29.0 Å². The monoisotopic (exact) mass is 404 g/mol. The third-order valence-electron chi connectivity index (χ3n) is 5.24. The third kappa shape index (κ3) is 5.46. The Kier molecular flexibility index (Phi) is 7.08. The van der Waals surface area contributed by atoms with E-state index in [0.29, 0.717) is 12.0 Å². The molecule has 1 amide bonds. The summed E-state index contributed by atoms with van der Waals surface area (Å²) in [4.78, 5) is 28.4. The van der Waals surface area contributed by atoms with Gasteiger partial charge in [-0.25, -0.2) is 9.78 Å². The summed E-state index contributed by atoms with van der Waals surface area (Å²) in [6, 6.07) is 0.432. The Morgan fingerprint density at radius 2 is 1.96 bits per heavy atom. The number of hydrogen-bond donors (Lipinski definition) is 2. The first kappa shape index (κ1) is 22.2. The summed E-state index contributed by atoms with van der Waals surface area (Å²) < 4.78 is 33.8. The van der Waals surface area contributed by atoms with Gasteiger partial charge in [0.1, 0.15) is 0 Å². The smallest absolute Gasteiger partial charge is 0.475 e. The number of carboxylic acid groups (broad SMARTS) is 1. The minimum atomic E-state index is -5.08. The fourth-order valence-corrected chi connectivity index (χ4v) is 3.30. The number of aromatic nitrogens is 2. The summed E-state index contributed by atoms with van der Waals surface area (Å²) in [6.07, 6.45) is 0.595. The van der Waals surface area contributed by atoms with Gasteiger partial charge in [0.25, 0.3) is 0 Å². The van der Waals surface area contributed by atoms with Crippen LogP contribution in [0.5, 0.6) is 0 Å². The van der Waals surface area contributed by atoms with E-state index in [1.54, 1.807) is 0 Å². The van der Waals surface area contributed by atoms with Crippen LogP contribution in [0.2, 0.25) is 0 Å². The third-order valence-corrected chi connectivity index (χ3v) is 5.24. The summed E-state index contributed by atoms with van der Waals surface area (Å²) >= 11 is 0. The van der Waals surface area contributed by atoms with E-state index in [-0.39, 0.29) is 11.8 Å². The number of nitrogens with zero attached hydrogens (tertiary/aromatic N) is 3. The van der Waals surface area contributed by atoms with E-state index >= 15 is 0 Å². The lowest BCUT2D eigenvalue weighted by atomic mass is 9.85. The Hall–Kier alpha value is -2.10. The first-order chi connectivity index (χ1) is 13.0. The van der Waals surface area contributed by atoms with Crippen LogP contribution >= 0.6 is 0 Å². The van der Waals surface area contributed by atoms with E-state index in [9.17, 15) is 18.0 Å². The maximum Gasteiger partial charge on any atom is 0.490 e. The second kappa shape index (κ2) is 8.93. The zero-order valence-electron chi connectivity index (χ0n) is 16.3. The van der Waals surface area contributed by atoms with Gasteiger partial charge in [-0.2, -0.15) is 13.2 Å². The van der Waals surface area contributed by atoms with Crippen LogP contribution in [0.3, 0.4) is 0 Å². The van der Waals surface area contributed by atoms with Gasteiger partial charge in [-0.15, -0.1) is 0 Å². The Bertz CT molecular complexity index is 699. The lowest BCUT2D eigenvalue weighted by Gasteiger charge is -2.35. The van der Waals surface area contributed by atoms with Crippen LogP contribution in [0.15, 0.2) is 6.33 Å². The summed E-state index contributed by atoms with van der Waals surface area (Å²) in [5.74, 6) is -1.99. The van der Waals surface area contributed by atoms with Gasteiger partial charge in [0.05, 0.1) is 23.6 Å². The molecule has 2 N–H and O–H groups in total. The molecule has 0 bridgehead atoms. The lowest BCUT2D eigenvalue weighted by molar-refractivity contribution is -0.192. The largest absolute Gasteiger partial charge is 0.490 e. The fraction of sp³-hybridized carbons (Fsp3) is 0.722. The van der Waals surface area contributed by atoms with Crippen LogP contribution in [0.4, 0.5) is 13.2 Å². The fourth-order valence-electron chi connectivity index (χ4n) is 3.30. The van der Waals surface area contributed by atoms with Crippen molar-refractivity contribution in [2.24, 2.45) is 13.0 Å². The van der Waals surface area contributed by atoms with Crippen LogP contribution in [-0.2, 0) is 23.2 Å². The molecule has 10 heteroatoms. The average molecular weight is 404 g/mol. The zero-order chi connectivity index (χ0) is 21.1. The molecule has 1 aliphatic heterocycles. The number of rotatable bonds is 4. The number of carboxylic acids is 1. The highest BCUT2D eigenvalue weighted by atomic mass is 19.4. The molecule has 0 radical (unpaired) electrons. The molecule has 1 aromatic heterocycles. The topological polar surface area (TPSA) is 87.5 Å².